The lowest BCUT2D eigenvalue weighted by Gasteiger charge is -2.36. The lowest BCUT2D eigenvalue weighted by molar-refractivity contribution is -0.385. The van der Waals surface area contributed by atoms with Crippen molar-refractivity contribution in [3.05, 3.63) is 52.1 Å². The molecule has 33 heavy (non-hydrogen) atoms. The fraction of sp³-hybridized carbons (Fsp3) is 0.435. The fourth-order valence-electron chi connectivity index (χ4n) is 3.90. The molecule has 1 amide bonds. The van der Waals surface area contributed by atoms with Crippen molar-refractivity contribution in [1.29, 1.82) is 0 Å². The second-order valence-corrected chi connectivity index (χ2v) is 7.59. The maximum atomic E-state index is 12.6. The lowest BCUT2D eigenvalue weighted by atomic mass is 10.1. The smallest absolute Gasteiger partial charge is 0.286 e. The summed E-state index contributed by atoms with van der Waals surface area (Å²) < 4.78 is 15.7. The van der Waals surface area contributed by atoms with Crippen LogP contribution in [-0.2, 0) is 0 Å². The van der Waals surface area contributed by atoms with E-state index in [1.165, 1.54) is 26.4 Å². The average molecular weight is 459 g/mol. The number of anilines is 1. The second kappa shape index (κ2) is 11.4. The van der Waals surface area contributed by atoms with Gasteiger partial charge in [0.1, 0.15) is 11.3 Å². The van der Waals surface area contributed by atoms with Gasteiger partial charge in [0.05, 0.1) is 38.0 Å². The Kier molecular flexibility index (Phi) is 8.31. The van der Waals surface area contributed by atoms with Crippen molar-refractivity contribution < 1.29 is 23.9 Å². The van der Waals surface area contributed by atoms with Crippen LogP contribution in [0.3, 0.4) is 0 Å². The molecule has 178 valence electrons. The van der Waals surface area contributed by atoms with Gasteiger partial charge in [0.15, 0.2) is 11.5 Å². The summed E-state index contributed by atoms with van der Waals surface area (Å²) in [4.78, 5) is 28.1. The quantitative estimate of drug-likeness (QED) is 0.329. The summed E-state index contributed by atoms with van der Waals surface area (Å²) in [7, 11) is 4.48. The number of carbonyl (C=O) groups is 1. The Morgan fingerprint density at radius 2 is 1.64 bits per heavy atom. The summed E-state index contributed by atoms with van der Waals surface area (Å²) >= 11 is 0. The van der Waals surface area contributed by atoms with Crippen LogP contribution in [0.4, 0.5) is 11.4 Å². The molecule has 1 heterocycles. The monoisotopic (exact) mass is 458 g/mol. The van der Waals surface area contributed by atoms with Gasteiger partial charge in [0, 0.05) is 38.8 Å². The van der Waals surface area contributed by atoms with Crippen molar-refractivity contribution in [2.24, 2.45) is 0 Å². The predicted octanol–water partition coefficient (Wildman–Crippen LogP) is 2.56. The zero-order valence-electron chi connectivity index (χ0n) is 19.2. The highest BCUT2D eigenvalue weighted by Crippen LogP contribution is 2.34. The number of piperazine rings is 1. The third-order valence-electron chi connectivity index (χ3n) is 5.68. The van der Waals surface area contributed by atoms with Crippen molar-refractivity contribution in [2.75, 3.05) is 65.5 Å². The van der Waals surface area contributed by atoms with Crippen LogP contribution < -0.4 is 24.4 Å². The number of nitrogens with zero attached hydrogens (tertiary/aromatic N) is 3. The molecule has 0 atom stereocenters. The minimum absolute atomic E-state index is 0.0527. The third kappa shape index (κ3) is 5.83. The molecule has 0 unspecified atom stereocenters. The molecule has 1 aliphatic rings. The topological polar surface area (TPSA) is 106 Å². The van der Waals surface area contributed by atoms with Crippen LogP contribution in [0, 0.1) is 10.1 Å². The van der Waals surface area contributed by atoms with Crippen molar-refractivity contribution in [3.63, 3.8) is 0 Å². The summed E-state index contributed by atoms with van der Waals surface area (Å²) in [5, 5.41) is 14.2. The number of para-hydroxylation sites is 2. The predicted molar refractivity (Wildman–Crippen MR) is 125 cm³/mol. The molecule has 0 aromatic heterocycles. The van der Waals surface area contributed by atoms with Gasteiger partial charge in [-0.15, -0.1) is 0 Å². The van der Waals surface area contributed by atoms with Gasteiger partial charge >= 0.3 is 0 Å². The minimum atomic E-state index is -0.599. The molecule has 1 fully saturated rings. The molecule has 2 aromatic rings. The van der Waals surface area contributed by atoms with E-state index in [9.17, 15) is 14.9 Å². The minimum Gasteiger partial charge on any atom is -0.495 e. The van der Waals surface area contributed by atoms with Crippen LogP contribution in [0.5, 0.6) is 17.2 Å². The molecule has 0 spiro atoms. The number of ether oxygens (including phenoxy) is 3. The number of benzene rings is 2. The number of amides is 1. The van der Waals surface area contributed by atoms with Crippen molar-refractivity contribution in [1.82, 2.24) is 10.2 Å². The van der Waals surface area contributed by atoms with E-state index in [0.29, 0.717) is 6.54 Å². The van der Waals surface area contributed by atoms with E-state index >= 15 is 0 Å². The molecule has 1 N–H and O–H groups in total. The molecule has 10 nitrogen and oxygen atoms in total. The zero-order chi connectivity index (χ0) is 23.8. The number of nitro benzene ring substituents is 1. The molecule has 10 heteroatoms. The van der Waals surface area contributed by atoms with Gasteiger partial charge in [0.25, 0.3) is 11.6 Å². The average Bonchev–Trinajstić information content (AvgIpc) is 2.85. The Morgan fingerprint density at radius 1 is 1.00 bits per heavy atom. The number of methoxy groups -OCH3 is 3. The molecule has 2 aromatic carbocycles. The highest BCUT2D eigenvalue weighted by molar-refractivity contribution is 5.99. The standard InChI is InChI=1S/C23H30N4O6/c1-31-20-8-5-4-7-18(20)26-13-11-25(12-14-26)10-6-9-24-23(28)17-15-21(32-2)22(33-3)16-19(17)27(29)30/h4-5,7-8,15-16H,6,9-14H2,1-3H3,(H,24,28). The SMILES string of the molecule is COc1cc(C(=O)NCCCN2CCN(c3ccccc3OC)CC2)c([N+](=O)[O-])cc1OC. The van der Waals surface area contributed by atoms with Crippen LogP contribution in [-0.4, -0.2) is 76.3 Å². The molecule has 0 aliphatic carbocycles. The Labute approximate surface area is 193 Å². The number of nitrogens with one attached hydrogen (secondary N) is 1. The fourth-order valence-corrected chi connectivity index (χ4v) is 3.90. The van der Waals surface area contributed by atoms with Gasteiger partial charge < -0.3 is 24.4 Å². The van der Waals surface area contributed by atoms with E-state index in [4.69, 9.17) is 14.2 Å². The van der Waals surface area contributed by atoms with E-state index in [1.807, 2.05) is 18.2 Å². The third-order valence-corrected chi connectivity index (χ3v) is 5.68. The van der Waals surface area contributed by atoms with E-state index in [0.717, 1.165) is 50.6 Å². The summed E-state index contributed by atoms with van der Waals surface area (Å²) in [6.07, 6.45) is 0.738. The molecule has 0 radical (unpaired) electrons. The molecule has 1 saturated heterocycles. The molecular formula is C23H30N4O6. The number of nitro groups is 1. The van der Waals surface area contributed by atoms with E-state index < -0.39 is 10.8 Å². The zero-order valence-corrected chi connectivity index (χ0v) is 19.2. The Bertz CT molecular complexity index is 975. The first-order valence-corrected chi connectivity index (χ1v) is 10.8. The maximum absolute atomic E-state index is 12.6. The summed E-state index contributed by atoms with van der Waals surface area (Å²) in [6, 6.07) is 10.5. The van der Waals surface area contributed by atoms with Crippen LogP contribution in [0.1, 0.15) is 16.8 Å². The summed E-state index contributed by atoms with van der Waals surface area (Å²) in [5.41, 5.74) is 0.726. The van der Waals surface area contributed by atoms with Crippen molar-refractivity contribution >= 4 is 17.3 Å². The largest absolute Gasteiger partial charge is 0.495 e. The van der Waals surface area contributed by atoms with E-state index in [1.54, 1.807) is 7.11 Å². The molecule has 1 aliphatic heterocycles. The molecule has 0 bridgehead atoms. The number of rotatable bonds is 10. The Hall–Kier alpha value is -3.53. The first-order chi connectivity index (χ1) is 16.0. The lowest BCUT2D eigenvalue weighted by Crippen LogP contribution is -2.47. The van der Waals surface area contributed by atoms with Crippen molar-refractivity contribution in [2.45, 2.75) is 6.42 Å². The highest BCUT2D eigenvalue weighted by atomic mass is 16.6. The van der Waals surface area contributed by atoms with Gasteiger partial charge in [-0.05, 0) is 25.1 Å². The normalized spacial score (nSPS) is 14.0. The number of carbonyl (C=O) groups excluding carboxylic acids is 1. The van der Waals surface area contributed by atoms with Crippen LogP contribution in [0.15, 0.2) is 36.4 Å². The van der Waals surface area contributed by atoms with E-state index in [2.05, 4.69) is 21.2 Å². The summed E-state index contributed by atoms with van der Waals surface area (Å²) in [6.45, 7) is 4.85. The summed E-state index contributed by atoms with van der Waals surface area (Å²) in [5.74, 6) is 0.829. The Balaban J connectivity index is 1.49. The first-order valence-electron chi connectivity index (χ1n) is 10.8. The van der Waals surface area contributed by atoms with Gasteiger partial charge in [-0.3, -0.25) is 19.8 Å². The van der Waals surface area contributed by atoms with Gasteiger partial charge in [-0.1, -0.05) is 12.1 Å². The van der Waals surface area contributed by atoms with Gasteiger partial charge in [0.2, 0.25) is 0 Å². The number of hydrogen-bond acceptors (Lipinski definition) is 8. The molecule has 3 rings (SSSR count). The van der Waals surface area contributed by atoms with Crippen LogP contribution >= 0.6 is 0 Å². The van der Waals surface area contributed by atoms with Crippen LogP contribution in [0.2, 0.25) is 0 Å². The van der Waals surface area contributed by atoms with Gasteiger partial charge in [-0.25, -0.2) is 0 Å². The second-order valence-electron chi connectivity index (χ2n) is 7.59. The number of hydrogen-bond donors (Lipinski definition) is 1. The highest BCUT2D eigenvalue weighted by Gasteiger charge is 2.24. The van der Waals surface area contributed by atoms with Crippen molar-refractivity contribution in [3.8, 4) is 17.2 Å². The van der Waals surface area contributed by atoms with Gasteiger partial charge in [-0.2, -0.15) is 0 Å². The molecular weight excluding hydrogens is 428 g/mol. The molecule has 0 saturated carbocycles. The van der Waals surface area contributed by atoms with Crippen LogP contribution in [0.25, 0.3) is 0 Å². The first kappa shape index (κ1) is 24.1. The Morgan fingerprint density at radius 3 is 2.27 bits per heavy atom. The van der Waals surface area contributed by atoms with E-state index in [-0.39, 0.29) is 22.7 Å². The maximum Gasteiger partial charge on any atom is 0.286 e.